The van der Waals surface area contributed by atoms with Gasteiger partial charge in [-0.2, -0.15) is 0 Å². The molecule has 1 amide bonds. The minimum Gasteiger partial charge on any atom is -0.493 e. The lowest BCUT2D eigenvalue weighted by molar-refractivity contribution is -0.128. The molecule has 0 aliphatic heterocycles. The van der Waals surface area contributed by atoms with Crippen molar-refractivity contribution in [3.05, 3.63) is 83.4 Å². The van der Waals surface area contributed by atoms with Gasteiger partial charge in [-0.1, -0.05) is 48.0 Å². The second-order valence-electron chi connectivity index (χ2n) is 7.22. The molecular formula is C24H25ClN2O5S. The van der Waals surface area contributed by atoms with E-state index < -0.39 is 22.5 Å². The summed E-state index contributed by atoms with van der Waals surface area (Å²) >= 11 is 6.31. The average Bonchev–Trinajstić information content (AvgIpc) is 2.83. The molecule has 174 valence electrons. The highest BCUT2D eigenvalue weighted by atomic mass is 35.5. The predicted molar refractivity (Wildman–Crippen MR) is 128 cm³/mol. The molecule has 0 atom stereocenters. The summed E-state index contributed by atoms with van der Waals surface area (Å²) in [5.41, 5.74) is 1.04. The first-order chi connectivity index (χ1) is 15.8. The van der Waals surface area contributed by atoms with Crippen molar-refractivity contribution in [2.45, 2.75) is 11.4 Å². The molecule has 0 bridgehead atoms. The van der Waals surface area contributed by atoms with E-state index in [1.165, 1.54) is 24.1 Å². The second-order valence-corrected chi connectivity index (χ2v) is 9.48. The highest BCUT2D eigenvalue weighted by Gasteiger charge is 2.29. The molecule has 0 aliphatic carbocycles. The molecule has 0 fully saturated rings. The van der Waals surface area contributed by atoms with E-state index >= 15 is 0 Å². The Morgan fingerprint density at radius 3 is 2.18 bits per heavy atom. The number of halogens is 1. The van der Waals surface area contributed by atoms with E-state index in [1.807, 2.05) is 6.07 Å². The van der Waals surface area contributed by atoms with Crippen molar-refractivity contribution in [1.29, 1.82) is 0 Å². The first-order valence-corrected chi connectivity index (χ1v) is 11.9. The maximum atomic E-state index is 13.4. The average molecular weight is 489 g/mol. The quantitative estimate of drug-likeness (QED) is 0.451. The molecule has 0 spiro atoms. The Bertz CT molecular complexity index is 1220. The Labute approximate surface area is 199 Å². The van der Waals surface area contributed by atoms with E-state index in [9.17, 15) is 13.2 Å². The minimum atomic E-state index is -4.03. The van der Waals surface area contributed by atoms with Crippen LogP contribution in [0, 0.1) is 0 Å². The SMILES string of the molecule is COc1ccc(CN(C)C(=O)CN(c2ccccc2Cl)S(=O)(=O)c2ccccc2)cc1OC. The smallest absolute Gasteiger partial charge is 0.264 e. The van der Waals surface area contributed by atoms with E-state index in [1.54, 1.807) is 68.8 Å². The van der Waals surface area contributed by atoms with E-state index in [4.69, 9.17) is 21.1 Å². The monoisotopic (exact) mass is 488 g/mol. The highest BCUT2D eigenvalue weighted by Crippen LogP contribution is 2.31. The van der Waals surface area contributed by atoms with Crippen molar-refractivity contribution >= 4 is 33.2 Å². The van der Waals surface area contributed by atoms with Crippen LogP contribution in [-0.4, -0.2) is 47.0 Å². The van der Waals surface area contributed by atoms with Crippen molar-refractivity contribution in [3.8, 4) is 11.5 Å². The van der Waals surface area contributed by atoms with Crippen molar-refractivity contribution in [2.24, 2.45) is 0 Å². The van der Waals surface area contributed by atoms with Crippen molar-refractivity contribution < 1.29 is 22.7 Å². The molecular weight excluding hydrogens is 464 g/mol. The van der Waals surface area contributed by atoms with Crippen LogP contribution in [0.25, 0.3) is 0 Å². The summed E-state index contributed by atoms with van der Waals surface area (Å²) in [5.74, 6) is 0.721. The Hall–Kier alpha value is -3.23. The lowest BCUT2D eigenvalue weighted by Gasteiger charge is -2.27. The molecule has 0 saturated heterocycles. The molecule has 0 aliphatic rings. The minimum absolute atomic E-state index is 0.0697. The molecule has 0 heterocycles. The molecule has 33 heavy (non-hydrogen) atoms. The Kier molecular flexibility index (Phi) is 7.84. The summed E-state index contributed by atoms with van der Waals surface area (Å²) in [6.45, 7) is -0.161. The number of nitrogens with zero attached hydrogens (tertiary/aromatic N) is 2. The second kappa shape index (κ2) is 10.6. The number of benzene rings is 3. The van der Waals surface area contributed by atoms with Gasteiger partial charge in [0, 0.05) is 13.6 Å². The largest absolute Gasteiger partial charge is 0.493 e. The molecule has 7 nitrogen and oxygen atoms in total. The number of anilines is 1. The Morgan fingerprint density at radius 2 is 1.55 bits per heavy atom. The molecule has 0 saturated carbocycles. The molecule has 0 N–H and O–H groups in total. The number of sulfonamides is 1. The predicted octanol–water partition coefficient (Wildman–Crippen LogP) is 4.21. The number of ether oxygens (including phenoxy) is 2. The number of amides is 1. The van der Waals surface area contributed by atoms with Crippen LogP contribution in [0.2, 0.25) is 5.02 Å². The number of rotatable bonds is 9. The molecule has 0 aromatic heterocycles. The summed E-state index contributed by atoms with van der Waals surface area (Å²) < 4.78 is 38.4. The number of hydrogen-bond donors (Lipinski definition) is 0. The number of likely N-dealkylation sites (N-methyl/N-ethyl adjacent to an activating group) is 1. The van der Waals surface area contributed by atoms with Crippen LogP contribution in [-0.2, 0) is 21.4 Å². The third kappa shape index (κ3) is 5.58. The van der Waals surface area contributed by atoms with Crippen LogP contribution in [0.5, 0.6) is 11.5 Å². The van der Waals surface area contributed by atoms with Crippen LogP contribution in [0.3, 0.4) is 0 Å². The van der Waals surface area contributed by atoms with Gasteiger partial charge in [0.2, 0.25) is 5.91 Å². The maximum absolute atomic E-state index is 13.4. The van der Waals surface area contributed by atoms with Crippen molar-refractivity contribution in [1.82, 2.24) is 4.90 Å². The number of methoxy groups -OCH3 is 2. The number of hydrogen-bond acceptors (Lipinski definition) is 5. The normalized spacial score (nSPS) is 11.0. The van der Waals surface area contributed by atoms with Crippen molar-refractivity contribution in [3.63, 3.8) is 0 Å². The Morgan fingerprint density at radius 1 is 0.909 bits per heavy atom. The Balaban J connectivity index is 1.88. The maximum Gasteiger partial charge on any atom is 0.264 e. The lowest BCUT2D eigenvalue weighted by Crippen LogP contribution is -2.41. The zero-order valence-corrected chi connectivity index (χ0v) is 20.1. The first-order valence-electron chi connectivity index (χ1n) is 10.0. The van der Waals surface area contributed by atoms with Gasteiger partial charge in [-0.25, -0.2) is 8.42 Å². The summed E-state index contributed by atoms with van der Waals surface area (Å²) in [5, 5.41) is 0.229. The lowest BCUT2D eigenvalue weighted by atomic mass is 10.2. The van der Waals surface area contributed by atoms with Gasteiger partial charge in [0.15, 0.2) is 11.5 Å². The first kappa shape index (κ1) is 24.4. The topological polar surface area (TPSA) is 76.2 Å². The molecule has 0 radical (unpaired) electrons. The summed E-state index contributed by atoms with van der Waals surface area (Å²) in [6.07, 6.45) is 0. The van der Waals surface area contributed by atoms with Gasteiger partial charge < -0.3 is 14.4 Å². The zero-order valence-electron chi connectivity index (χ0n) is 18.6. The number of carbonyl (C=O) groups is 1. The van der Waals surface area contributed by atoms with E-state index in [0.29, 0.717) is 11.5 Å². The van der Waals surface area contributed by atoms with Gasteiger partial charge >= 0.3 is 0 Å². The van der Waals surface area contributed by atoms with Crippen molar-refractivity contribution in [2.75, 3.05) is 32.1 Å². The van der Waals surface area contributed by atoms with Gasteiger partial charge in [0.05, 0.1) is 29.8 Å². The summed E-state index contributed by atoms with van der Waals surface area (Å²) in [7, 11) is 0.657. The fourth-order valence-corrected chi connectivity index (χ4v) is 5.00. The van der Waals surface area contributed by atoms with Crippen LogP contribution >= 0.6 is 11.6 Å². The van der Waals surface area contributed by atoms with Crippen LogP contribution in [0.15, 0.2) is 77.7 Å². The molecule has 3 aromatic carbocycles. The highest BCUT2D eigenvalue weighted by molar-refractivity contribution is 7.92. The molecule has 9 heteroatoms. The van der Waals surface area contributed by atoms with Crippen LogP contribution < -0.4 is 13.8 Å². The summed E-state index contributed by atoms with van der Waals surface area (Å²) in [4.78, 5) is 14.6. The number of carbonyl (C=O) groups excluding carboxylic acids is 1. The van der Waals surface area contributed by atoms with Gasteiger partial charge in [-0.05, 0) is 42.0 Å². The molecule has 0 unspecified atom stereocenters. The third-order valence-corrected chi connectivity index (χ3v) is 7.12. The van der Waals surface area contributed by atoms with Gasteiger partial charge in [0.1, 0.15) is 6.54 Å². The van der Waals surface area contributed by atoms with Gasteiger partial charge in [0.25, 0.3) is 10.0 Å². The summed E-state index contributed by atoms with van der Waals surface area (Å²) in [6, 6.07) is 19.8. The standard InChI is InChI=1S/C24H25ClN2O5S/c1-26(16-18-13-14-22(31-2)23(15-18)32-3)24(28)17-27(21-12-8-7-11-20(21)25)33(29,30)19-9-5-4-6-10-19/h4-15H,16-17H2,1-3H3. The van der Waals surface area contributed by atoms with Crippen LogP contribution in [0.1, 0.15) is 5.56 Å². The molecule has 3 aromatic rings. The van der Waals surface area contributed by atoms with Crippen LogP contribution in [0.4, 0.5) is 5.69 Å². The zero-order chi connectivity index (χ0) is 24.0. The fraction of sp³-hybridized carbons (Fsp3) is 0.208. The van der Waals surface area contributed by atoms with E-state index in [0.717, 1.165) is 9.87 Å². The van der Waals surface area contributed by atoms with Gasteiger partial charge in [-0.3, -0.25) is 9.10 Å². The molecule has 3 rings (SSSR count). The van der Waals surface area contributed by atoms with E-state index in [2.05, 4.69) is 0 Å². The third-order valence-electron chi connectivity index (χ3n) is 5.02. The van der Waals surface area contributed by atoms with Gasteiger partial charge in [-0.15, -0.1) is 0 Å². The number of para-hydroxylation sites is 1. The fourth-order valence-electron chi connectivity index (χ4n) is 3.26. The van der Waals surface area contributed by atoms with E-state index in [-0.39, 0.29) is 22.2 Å².